The lowest BCUT2D eigenvalue weighted by molar-refractivity contribution is 0.0938. The molecule has 0 saturated carbocycles. The number of nitriles is 1. The first-order valence-electron chi connectivity index (χ1n) is 8.43. The second-order valence-electron chi connectivity index (χ2n) is 6.43. The molecule has 3 rings (SSSR count). The Bertz CT molecular complexity index is 806. The van der Waals surface area contributed by atoms with E-state index in [4.69, 9.17) is 10.00 Å². The van der Waals surface area contributed by atoms with E-state index in [-0.39, 0.29) is 11.8 Å². The first-order valence-corrected chi connectivity index (χ1v) is 8.43. The van der Waals surface area contributed by atoms with E-state index in [1.807, 2.05) is 19.2 Å². The number of benzene rings is 1. The third-order valence-corrected chi connectivity index (χ3v) is 4.73. The highest BCUT2D eigenvalue weighted by Gasteiger charge is 2.28. The number of likely N-dealkylation sites (tertiary alicyclic amines) is 1. The lowest BCUT2D eigenvalue weighted by Gasteiger charge is -2.24. The Hall–Kier alpha value is -2.65. The number of carbonyl (C=O) groups is 1. The summed E-state index contributed by atoms with van der Waals surface area (Å²) in [6.07, 6.45) is 5.96. The Labute approximate surface area is 147 Å². The first kappa shape index (κ1) is 17.2. The van der Waals surface area contributed by atoms with Crippen LogP contribution in [0.25, 0.3) is 0 Å². The summed E-state index contributed by atoms with van der Waals surface area (Å²) in [5, 5.41) is 13.2. The van der Waals surface area contributed by atoms with Gasteiger partial charge >= 0.3 is 0 Å². The van der Waals surface area contributed by atoms with E-state index in [0.717, 1.165) is 30.7 Å². The van der Waals surface area contributed by atoms with Crippen LogP contribution >= 0.6 is 0 Å². The molecule has 1 saturated heterocycles. The quantitative estimate of drug-likeness (QED) is 0.757. The zero-order chi connectivity index (χ0) is 17.8. The van der Waals surface area contributed by atoms with Crippen molar-refractivity contribution in [2.75, 3.05) is 13.7 Å². The molecule has 2 aromatic rings. The highest BCUT2D eigenvalue weighted by Crippen LogP contribution is 2.28. The molecule has 6 nitrogen and oxygen atoms in total. The average molecular weight is 338 g/mol. The molecule has 6 heteroatoms. The van der Waals surface area contributed by atoms with E-state index >= 15 is 0 Å². The molecule has 1 atom stereocenters. The monoisotopic (exact) mass is 338 g/mol. The van der Waals surface area contributed by atoms with Gasteiger partial charge in [0.15, 0.2) is 5.78 Å². The van der Waals surface area contributed by atoms with Crippen molar-refractivity contribution in [3.8, 4) is 11.8 Å². The summed E-state index contributed by atoms with van der Waals surface area (Å²) in [6, 6.07) is 7.85. The van der Waals surface area contributed by atoms with Gasteiger partial charge in [0.2, 0.25) is 0 Å². The average Bonchev–Trinajstić information content (AvgIpc) is 3.24. The van der Waals surface area contributed by atoms with Gasteiger partial charge in [0, 0.05) is 37.8 Å². The zero-order valence-corrected chi connectivity index (χ0v) is 14.6. The highest BCUT2D eigenvalue weighted by molar-refractivity contribution is 5.96. The Kier molecular flexibility index (Phi) is 5.15. The van der Waals surface area contributed by atoms with Crippen molar-refractivity contribution in [1.29, 1.82) is 5.26 Å². The van der Waals surface area contributed by atoms with Crippen LogP contribution in [0.2, 0.25) is 0 Å². The second kappa shape index (κ2) is 7.49. The number of aromatic nitrogens is 2. The van der Waals surface area contributed by atoms with Crippen LogP contribution in [-0.2, 0) is 13.6 Å². The van der Waals surface area contributed by atoms with Crippen LogP contribution in [0.1, 0.15) is 40.7 Å². The van der Waals surface area contributed by atoms with Crippen molar-refractivity contribution in [3.63, 3.8) is 0 Å². The Morgan fingerprint density at radius 3 is 3.00 bits per heavy atom. The number of carbonyl (C=O) groups excluding carboxylic acids is 1. The van der Waals surface area contributed by atoms with Crippen molar-refractivity contribution >= 4 is 5.78 Å². The smallest absolute Gasteiger partial charge is 0.167 e. The maximum atomic E-state index is 12.5. The van der Waals surface area contributed by atoms with Crippen LogP contribution in [0, 0.1) is 11.3 Å². The molecule has 1 aromatic heterocycles. The highest BCUT2D eigenvalue weighted by atomic mass is 16.5. The lowest BCUT2D eigenvalue weighted by atomic mass is 10.0. The van der Waals surface area contributed by atoms with Gasteiger partial charge in [0.25, 0.3) is 0 Å². The number of Topliss-reactive ketones (excluding diaryl/α,β-unsaturated/α-hetero) is 1. The summed E-state index contributed by atoms with van der Waals surface area (Å²) in [4.78, 5) is 14.8. The van der Waals surface area contributed by atoms with Gasteiger partial charge in [-0.1, -0.05) is 0 Å². The molecule has 0 aliphatic carbocycles. The zero-order valence-electron chi connectivity index (χ0n) is 14.6. The van der Waals surface area contributed by atoms with Crippen molar-refractivity contribution in [2.24, 2.45) is 7.05 Å². The van der Waals surface area contributed by atoms with E-state index in [1.54, 1.807) is 30.3 Å². The number of aryl methyl sites for hydroxylation is 1. The molecular weight excluding hydrogens is 316 g/mol. The van der Waals surface area contributed by atoms with Crippen LogP contribution < -0.4 is 4.74 Å². The molecule has 1 fully saturated rings. The summed E-state index contributed by atoms with van der Waals surface area (Å²) >= 11 is 0. The van der Waals surface area contributed by atoms with Crippen LogP contribution in [-0.4, -0.2) is 40.2 Å². The fraction of sp³-hybridized carbons (Fsp3) is 0.421. The summed E-state index contributed by atoms with van der Waals surface area (Å²) in [6.45, 7) is 1.63. The van der Waals surface area contributed by atoms with Crippen LogP contribution in [0.5, 0.6) is 5.75 Å². The molecule has 0 unspecified atom stereocenters. The Morgan fingerprint density at radius 2 is 2.32 bits per heavy atom. The summed E-state index contributed by atoms with van der Waals surface area (Å²) in [5.74, 6) is 0.908. The van der Waals surface area contributed by atoms with E-state index in [1.165, 1.54) is 0 Å². The molecule has 130 valence electrons. The molecule has 25 heavy (non-hydrogen) atoms. The van der Waals surface area contributed by atoms with Gasteiger partial charge in [-0.3, -0.25) is 14.4 Å². The lowest BCUT2D eigenvalue weighted by Crippen LogP contribution is -2.31. The maximum Gasteiger partial charge on any atom is 0.167 e. The van der Waals surface area contributed by atoms with Crippen LogP contribution in [0.4, 0.5) is 0 Å². The molecule has 0 bridgehead atoms. The summed E-state index contributed by atoms with van der Waals surface area (Å²) in [5.41, 5.74) is 2.28. The fourth-order valence-electron chi connectivity index (χ4n) is 3.42. The van der Waals surface area contributed by atoms with Crippen molar-refractivity contribution in [2.45, 2.75) is 31.8 Å². The van der Waals surface area contributed by atoms with Crippen molar-refractivity contribution < 1.29 is 9.53 Å². The summed E-state index contributed by atoms with van der Waals surface area (Å²) in [7, 11) is 3.45. The number of nitrogens with zero attached hydrogens (tertiary/aromatic N) is 4. The standard InChI is InChI=1S/C19H22N4O2/c1-22-12-16(11-21-22)18(24)9-17-4-3-7-23(17)13-15-8-14(10-20)5-6-19(15)25-2/h5-6,8,11-12,17H,3-4,7,9,13H2,1-2H3/t17-/m1/s1. The van der Waals surface area contributed by atoms with Crippen LogP contribution in [0.15, 0.2) is 30.6 Å². The molecular formula is C19H22N4O2. The minimum atomic E-state index is 0.128. The normalized spacial score (nSPS) is 17.4. The van der Waals surface area contributed by atoms with Gasteiger partial charge in [-0.2, -0.15) is 10.4 Å². The SMILES string of the molecule is COc1ccc(C#N)cc1CN1CCC[C@@H]1CC(=O)c1cnn(C)c1. The Balaban J connectivity index is 1.72. The molecule has 1 aliphatic rings. The topological polar surface area (TPSA) is 71.2 Å². The number of rotatable bonds is 6. The molecule has 1 aromatic carbocycles. The molecule has 2 heterocycles. The van der Waals surface area contributed by atoms with Gasteiger partial charge in [0.05, 0.1) is 30.5 Å². The van der Waals surface area contributed by atoms with E-state index in [9.17, 15) is 4.79 Å². The van der Waals surface area contributed by atoms with Crippen molar-refractivity contribution in [3.05, 3.63) is 47.3 Å². The third kappa shape index (κ3) is 3.89. The minimum Gasteiger partial charge on any atom is -0.496 e. The second-order valence-corrected chi connectivity index (χ2v) is 6.43. The maximum absolute atomic E-state index is 12.5. The molecule has 1 aliphatic heterocycles. The largest absolute Gasteiger partial charge is 0.496 e. The summed E-state index contributed by atoms with van der Waals surface area (Å²) < 4.78 is 7.08. The van der Waals surface area contributed by atoms with Crippen molar-refractivity contribution in [1.82, 2.24) is 14.7 Å². The number of hydrogen-bond donors (Lipinski definition) is 0. The van der Waals surface area contributed by atoms with Gasteiger partial charge in [-0.05, 0) is 37.6 Å². The number of ether oxygens (including phenoxy) is 1. The van der Waals surface area contributed by atoms with E-state index in [0.29, 0.717) is 24.1 Å². The molecule has 0 spiro atoms. The van der Waals surface area contributed by atoms with E-state index < -0.39 is 0 Å². The van der Waals surface area contributed by atoms with Gasteiger partial charge in [-0.25, -0.2) is 0 Å². The predicted molar refractivity (Wildman–Crippen MR) is 93.3 cm³/mol. The number of hydrogen-bond acceptors (Lipinski definition) is 5. The van der Waals surface area contributed by atoms with Gasteiger partial charge < -0.3 is 4.74 Å². The van der Waals surface area contributed by atoms with Gasteiger partial charge in [-0.15, -0.1) is 0 Å². The number of methoxy groups -OCH3 is 1. The Morgan fingerprint density at radius 1 is 1.48 bits per heavy atom. The van der Waals surface area contributed by atoms with E-state index in [2.05, 4.69) is 16.1 Å². The predicted octanol–water partition coefficient (Wildman–Crippen LogP) is 2.54. The van der Waals surface area contributed by atoms with Gasteiger partial charge in [0.1, 0.15) is 5.75 Å². The third-order valence-electron chi connectivity index (χ3n) is 4.73. The fourth-order valence-corrected chi connectivity index (χ4v) is 3.42. The molecule has 0 radical (unpaired) electrons. The minimum absolute atomic E-state index is 0.128. The van der Waals surface area contributed by atoms with Crippen LogP contribution in [0.3, 0.4) is 0 Å². The molecule has 0 amide bonds. The number of ketones is 1. The molecule has 0 N–H and O–H groups in total. The first-order chi connectivity index (χ1) is 12.1.